The van der Waals surface area contributed by atoms with Crippen LogP contribution >= 0.6 is 24.0 Å². The van der Waals surface area contributed by atoms with Crippen molar-refractivity contribution in [1.29, 1.82) is 0 Å². The standard InChI is InChI=1S/C22H28N4O2.HI/c1-3-19-15-21(28-26-19)16-25-22(23-4-2)24-12-7-13-27-20-11-10-17-8-5-6-9-18(17)14-20;/h5-6,8-11,14-15H,3-4,7,12-13,16H2,1-2H3,(H2,23,24,25);1H. The monoisotopic (exact) mass is 508 g/mol. The number of nitrogens with zero attached hydrogens (tertiary/aromatic N) is 2. The molecule has 2 aromatic carbocycles. The first-order chi connectivity index (χ1) is 13.8. The Hall–Kier alpha value is -2.29. The largest absolute Gasteiger partial charge is 0.494 e. The maximum Gasteiger partial charge on any atom is 0.191 e. The van der Waals surface area contributed by atoms with Gasteiger partial charge in [-0.3, -0.25) is 0 Å². The first-order valence-electron chi connectivity index (χ1n) is 9.86. The van der Waals surface area contributed by atoms with Crippen molar-refractivity contribution < 1.29 is 9.26 Å². The van der Waals surface area contributed by atoms with Crippen LogP contribution in [0.4, 0.5) is 0 Å². The Kier molecular flexibility index (Phi) is 9.76. The number of nitrogens with one attached hydrogen (secondary N) is 2. The zero-order valence-electron chi connectivity index (χ0n) is 17.0. The summed E-state index contributed by atoms with van der Waals surface area (Å²) in [5.41, 5.74) is 0.953. The lowest BCUT2D eigenvalue weighted by Crippen LogP contribution is -2.38. The lowest BCUT2D eigenvalue weighted by Gasteiger charge is -2.11. The fourth-order valence-corrected chi connectivity index (χ4v) is 2.82. The summed E-state index contributed by atoms with van der Waals surface area (Å²) in [5, 5.41) is 13.0. The van der Waals surface area contributed by atoms with Crippen LogP contribution in [0.5, 0.6) is 5.75 Å². The van der Waals surface area contributed by atoms with Gasteiger partial charge in [-0.2, -0.15) is 0 Å². The zero-order valence-corrected chi connectivity index (χ0v) is 19.3. The minimum Gasteiger partial charge on any atom is -0.494 e. The van der Waals surface area contributed by atoms with Crippen LogP contribution in [0.1, 0.15) is 31.7 Å². The number of ether oxygens (including phenoxy) is 1. The Morgan fingerprint density at radius 1 is 1.07 bits per heavy atom. The molecule has 29 heavy (non-hydrogen) atoms. The number of halogens is 1. The molecule has 1 heterocycles. The number of benzene rings is 2. The molecule has 7 heteroatoms. The van der Waals surface area contributed by atoms with E-state index in [2.05, 4.69) is 52.0 Å². The lowest BCUT2D eigenvalue weighted by molar-refractivity contribution is 0.311. The van der Waals surface area contributed by atoms with E-state index in [-0.39, 0.29) is 24.0 Å². The Balaban J connectivity index is 0.00000300. The lowest BCUT2D eigenvalue weighted by atomic mass is 10.1. The van der Waals surface area contributed by atoms with E-state index in [0.29, 0.717) is 13.2 Å². The van der Waals surface area contributed by atoms with Crippen LogP contribution in [0.3, 0.4) is 0 Å². The second-order valence-corrected chi connectivity index (χ2v) is 6.47. The Labute approximate surface area is 189 Å². The van der Waals surface area contributed by atoms with Crippen LogP contribution in [0.25, 0.3) is 10.8 Å². The average Bonchev–Trinajstić information content (AvgIpc) is 3.19. The van der Waals surface area contributed by atoms with E-state index in [1.807, 2.05) is 31.2 Å². The van der Waals surface area contributed by atoms with E-state index in [1.165, 1.54) is 10.8 Å². The fourth-order valence-electron chi connectivity index (χ4n) is 2.82. The summed E-state index contributed by atoms with van der Waals surface area (Å²) in [6.07, 6.45) is 1.74. The van der Waals surface area contributed by atoms with E-state index in [0.717, 1.165) is 49.1 Å². The van der Waals surface area contributed by atoms with Crippen molar-refractivity contribution in [2.24, 2.45) is 4.99 Å². The first kappa shape index (κ1) is 23.0. The van der Waals surface area contributed by atoms with E-state index in [9.17, 15) is 0 Å². The van der Waals surface area contributed by atoms with Crippen molar-refractivity contribution in [3.63, 3.8) is 0 Å². The number of hydrogen-bond donors (Lipinski definition) is 2. The number of guanidine groups is 1. The summed E-state index contributed by atoms with van der Waals surface area (Å²) in [6.45, 7) is 6.79. The highest BCUT2D eigenvalue weighted by molar-refractivity contribution is 14.0. The summed E-state index contributed by atoms with van der Waals surface area (Å²) >= 11 is 0. The number of aliphatic imine (C=N–C) groups is 1. The number of rotatable bonds is 9. The van der Waals surface area contributed by atoms with Gasteiger partial charge in [0.25, 0.3) is 0 Å². The van der Waals surface area contributed by atoms with Gasteiger partial charge < -0.3 is 19.9 Å². The molecule has 0 amide bonds. The number of hydrogen-bond acceptors (Lipinski definition) is 4. The summed E-state index contributed by atoms with van der Waals surface area (Å²) in [5.74, 6) is 2.44. The smallest absolute Gasteiger partial charge is 0.191 e. The fraction of sp³-hybridized carbons (Fsp3) is 0.364. The molecule has 0 atom stereocenters. The maximum atomic E-state index is 5.88. The molecule has 0 aliphatic rings. The minimum absolute atomic E-state index is 0. The summed E-state index contributed by atoms with van der Waals surface area (Å²) in [7, 11) is 0. The van der Waals surface area contributed by atoms with E-state index < -0.39 is 0 Å². The van der Waals surface area contributed by atoms with Crippen LogP contribution in [0, 0.1) is 0 Å². The molecule has 3 aromatic rings. The normalized spacial score (nSPS) is 11.2. The Bertz CT molecular complexity index is 910. The highest BCUT2D eigenvalue weighted by Gasteiger charge is 2.03. The number of aryl methyl sites for hydroxylation is 1. The van der Waals surface area contributed by atoms with Crippen LogP contribution in [0.2, 0.25) is 0 Å². The molecule has 0 spiro atoms. The second kappa shape index (κ2) is 12.3. The Morgan fingerprint density at radius 2 is 1.90 bits per heavy atom. The highest BCUT2D eigenvalue weighted by Crippen LogP contribution is 2.20. The molecule has 0 bridgehead atoms. The molecule has 0 saturated heterocycles. The van der Waals surface area contributed by atoms with Crippen molar-refractivity contribution in [2.75, 3.05) is 19.7 Å². The van der Waals surface area contributed by atoms with Gasteiger partial charge in [0.1, 0.15) is 12.3 Å². The van der Waals surface area contributed by atoms with Gasteiger partial charge in [0.2, 0.25) is 0 Å². The molecule has 6 nitrogen and oxygen atoms in total. The van der Waals surface area contributed by atoms with Crippen molar-refractivity contribution in [3.05, 3.63) is 60.0 Å². The van der Waals surface area contributed by atoms with E-state index in [4.69, 9.17) is 9.26 Å². The Morgan fingerprint density at radius 3 is 2.66 bits per heavy atom. The molecule has 1 aromatic heterocycles. The number of aromatic nitrogens is 1. The molecule has 0 saturated carbocycles. The first-order valence-corrected chi connectivity index (χ1v) is 9.86. The van der Waals surface area contributed by atoms with Crippen LogP contribution in [0.15, 0.2) is 58.0 Å². The predicted octanol–water partition coefficient (Wildman–Crippen LogP) is 4.53. The van der Waals surface area contributed by atoms with Gasteiger partial charge in [0.05, 0.1) is 12.3 Å². The molecule has 0 unspecified atom stereocenters. The summed E-state index contributed by atoms with van der Waals surface area (Å²) in [4.78, 5) is 4.54. The zero-order chi connectivity index (χ0) is 19.6. The van der Waals surface area contributed by atoms with Gasteiger partial charge in [-0.1, -0.05) is 42.4 Å². The van der Waals surface area contributed by atoms with Gasteiger partial charge in [-0.25, -0.2) is 4.99 Å². The molecular formula is C22H29IN4O2. The molecule has 2 N–H and O–H groups in total. The molecular weight excluding hydrogens is 479 g/mol. The van der Waals surface area contributed by atoms with E-state index in [1.54, 1.807) is 0 Å². The van der Waals surface area contributed by atoms with Crippen molar-refractivity contribution in [2.45, 2.75) is 33.2 Å². The van der Waals surface area contributed by atoms with E-state index >= 15 is 0 Å². The van der Waals surface area contributed by atoms with Crippen LogP contribution < -0.4 is 15.4 Å². The van der Waals surface area contributed by atoms with Crippen LogP contribution in [-0.4, -0.2) is 30.8 Å². The summed E-state index contributed by atoms with van der Waals surface area (Å²) in [6, 6.07) is 16.4. The highest BCUT2D eigenvalue weighted by atomic mass is 127. The molecule has 0 radical (unpaired) electrons. The molecule has 0 aliphatic heterocycles. The maximum absolute atomic E-state index is 5.88. The third kappa shape index (κ3) is 7.23. The van der Waals surface area contributed by atoms with Gasteiger partial charge >= 0.3 is 0 Å². The molecule has 3 rings (SSSR count). The van der Waals surface area contributed by atoms with Gasteiger partial charge in [-0.05, 0) is 42.7 Å². The SMILES string of the molecule is CCNC(=NCc1cc(CC)no1)NCCCOc1ccc2ccccc2c1.I. The molecule has 0 aliphatic carbocycles. The van der Waals surface area contributed by atoms with Crippen molar-refractivity contribution in [1.82, 2.24) is 15.8 Å². The van der Waals surface area contributed by atoms with Crippen LogP contribution in [-0.2, 0) is 13.0 Å². The third-order valence-corrected chi connectivity index (χ3v) is 4.31. The van der Waals surface area contributed by atoms with Crippen molar-refractivity contribution >= 4 is 40.7 Å². The minimum atomic E-state index is 0. The second-order valence-electron chi connectivity index (χ2n) is 6.47. The summed E-state index contributed by atoms with van der Waals surface area (Å²) < 4.78 is 11.2. The number of fused-ring (bicyclic) bond motifs is 1. The predicted molar refractivity (Wildman–Crippen MR) is 128 cm³/mol. The average molecular weight is 508 g/mol. The quantitative estimate of drug-likeness (QED) is 0.192. The van der Waals surface area contributed by atoms with Gasteiger partial charge in [0, 0.05) is 19.2 Å². The molecule has 156 valence electrons. The molecule has 0 fully saturated rings. The third-order valence-electron chi connectivity index (χ3n) is 4.31. The van der Waals surface area contributed by atoms with Gasteiger partial charge in [-0.15, -0.1) is 24.0 Å². The van der Waals surface area contributed by atoms with Gasteiger partial charge in [0.15, 0.2) is 11.7 Å². The van der Waals surface area contributed by atoms with Crippen molar-refractivity contribution in [3.8, 4) is 5.75 Å². The topological polar surface area (TPSA) is 71.7 Å².